The molecule has 0 spiro atoms. The van der Waals surface area contributed by atoms with E-state index in [4.69, 9.17) is 14.2 Å². The van der Waals surface area contributed by atoms with Gasteiger partial charge < -0.3 is 50.4 Å². The predicted molar refractivity (Wildman–Crippen MR) is 98.0 cm³/mol. The standard InChI is InChI=1S/C17H30N2O11/c1-28-6-7-29-5-4-12(21)19-9(16(25)26)2-3-11(20)18-8-10-13(22)14(23)15(24)17(27)30-10/h9-10,13-15,17,22-24,27H,2-8H2,1H3,(H,18,20)(H,19,21)(H,25,26)/t9?,10?,13-,14-,15?,17+/m0/s1. The van der Waals surface area contributed by atoms with E-state index in [1.54, 1.807) is 0 Å². The first-order chi connectivity index (χ1) is 14.2. The molecule has 0 aliphatic carbocycles. The van der Waals surface area contributed by atoms with Crippen LogP contribution in [0, 0.1) is 0 Å². The van der Waals surface area contributed by atoms with Gasteiger partial charge in [0.25, 0.3) is 0 Å². The van der Waals surface area contributed by atoms with Gasteiger partial charge in [0.15, 0.2) is 6.29 Å². The van der Waals surface area contributed by atoms with Crippen molar-refractivity contribution < 1.29 is 54.1 Å². The lowest BCUT2D eigenvalue weighted by Crippen LogP contribution is -2.60. The highest BCUT2D eigenvalue weighted by molar-refractivity contribution is 5.84. The van der Waals surface area contributed by atoms with Gasteiger partial charge in [-0.2, -0.15) is 0 Å². The van der Waals surface area contributed by atoms with Gasteiger partial charge in [-0.15, -0.1) is 0 Å². The number of carboxylic acid groups (broad SMARTS) is 1. The number of methoxy groups -OCH3 is 1. The second kappa shape index (κ2) is 13.4. The molecule has 30 heavy (non-hydrogen) atoms. The van der Waals surface area contributed by atoms with Crippen LogP contribution in [0.25, 0.3) is 0 Å². The SMILES string of the molecule is COCCOCCC(=O)NC(CCC(=O)NCC1O[C@@H](O)C(O)[C@@H](O)[C@H]1O)C(=O)O. The summed E-state index contributed by atoms with van der Waals surface area (Å²) in [6, 6.07) is -1.28. The molecule has 0 saturated carbocycles. The lowest BCUT2D eigenvalue weighted by Gasteiger charge is -2.38. The Morgan fingerprint density at radius 1 is 0.967 bits per heavy atom. The second-order valence-electron chi connectivity index (χ2n) is 6.69. The van der Waals surface area contributed by atoms with Crippen molar-refractivity contribution in [1.29, 1.82) is 0 Å². The van der Waals surface area contributed by atoms with Crippen LogP contribution in [0.1, 0.15) is 19.3 Å². The van der Waals surface area contributed by atoms with Crippen LogP contribution >= 0.6 is 0 Å². The van der Waals surface area contributed by atoms with Crippen LogP contribution < -0.4 is 10.6 Å². The number of ether oxygens (including phenoxy) is 3. The molecule has 3 unspecified atom stereocenters. The van der Waals surface area contributed by atoms with E-state index in [2.05, 4.69) is 10.6 Å². The minimum atomic E-state index is -1.73. The zero-order chi connectivity index (χ0) is 22.7. The number of carbonyl (C=O) groups is 3. The molecular formula is C17H30N2O11. The maximum Gasteiger partial charge on any atom is 0.326 e. The molecule has 1 aliphatic rings. The Hall–Kier alpha value is -1.87. The highest BCUT2D eigenvalue weighted by atomic mass is 16.6. The summed E-state index contributed by atoms with van der Waals surface area (Å²) >= 11 is 0. The van der Waals surface area contributed by atoms with E-state index in [1.165, 1.54) is 7.11 Å². The zero-order valence-corrected chi connectivity index (χ0v) is 16.6. The number of aliphatic hydroxyl groups excluding tert-OH is 4. The average Bonchev–Trinajstić information content (AvgIpc) is 2.70. The maximum atomic E-state index is 11.9. The zero-order valence-electron chi connectivity index (χ0n) is 16.6. The van der Waals surface area contributed by atoms with Gasteiger partial charge in [-0.1, -0.05) is 0 Å². The number of aliphatic hydroxyl groups is 4. The van der Waals surface area contributed by atoms with Crippen molar-refractivity contribution in [2.75, 3.05) is 33.5 Å². The first-order valence-electron chi connectivity index (χ1n) is 9.40. The fourth-order valence-electron chi connectivity index (χ4n) is 2.61. The van der Waals surface area contributed by atoms with Gasteiger partial charge in [-0.25, -0.2) is 4.79 Å². The molecule has 13 heteroatoms. The summed E-state index contributed by atoms with van der Waals surface area (Å²) in [5.41, 5.74) is 0. The molecule has 0 aromatic rings. The molecule has 1 heterocycles. The lowest BCUT2D eigenvalue weighted by molar-refractivity contribution is -0.280. The Labute approximate surface area is 172 Å². The molecule has 1 rings (SSSR count). The summed E-state index contributed by atoms with van der Waals surface area (Å²) < 4.78 is 14.8. The highest BCUT2D eigenvalue weighted by Gasteiger charge is 2.42. The molecule has 6 atom stereocenters. The normalized spacial score (nSPS) is 27.3. The Bertz CT molecular complexity index is 562. The summed E-state index contributed by atoms with van der Waals surface area (Å²) in [5.74, 6) is -2.44. The molecule has 0 aromatic heterocycles. The van der Waals surface area contributed by atoms with Crippen LogP contribution in [0.4, 0.5) is 0 Å². The largest absolute Gasteiger partial charge is 0.480 e. The Kier molecular flexibility index (Phi) is 11.7. The first kappa shape index (κ1) is 26.2. The summed E-state index contributed by atoms with van der Waals surface area (Å²) in [5, 5.41) is 52.1. The molecule has 0 radical (unpaired) electrons. The van der Waals surface area contributed by atoms with E-state index in [9.17, 15) is 39.9 Å². The summed E-state index contributed by atoms with van der Waals surface area (Å²) in [6.45, 7) is 0.483. The van der Waals surface area contributed by atoms with Gasteiger partial charge in [0.2, 0.25) is 11.8 Å². The lowest BCUT2D eigenvalue weighted by atomic mass is 9.99. The molecule has 2 amide bonds. The molecule has 7 N–H and O–H groups in total. The minimum absolute atomic E-state index is 0.0485. The second-order valence-corrected chi connectivity index (χ2v) is 6.69. The topological polar surface area (TPSA) is 204 Å². The van der Waals surface area contributed by atoms with Crippen molar-refractivity contribution in [2.24, 2.45) is 0 Å². The predicted octanol–water partition coefficient (Wildman–Crippen LogP) is -3.69. The number of amides is 2. The number of hydrogen-bond acceptors (Lipinski definition) is 10. The van der Waals surface area contributed by atoms with Crippen molar-refractivity contribution in [2.45, 2.75) is 56.0 Å². The fourth-order valence-corrected chi connectivity index (χ4v) is 2.61. The molecule has 13 nitrogen and oxygen atoms in total. The monoisotopic (exact) mass is 438 g/mol. The number of hydrogen-bond donors (Lipinski definition) is 7. The van der Waals surface area contributed by atoms with Gasteiger partial charge in [-0.05, 0) is 6.42 Å². The summed E-state index contributed by atoms with van der Waals surface area (Å²) in [7, 11) is 1.51. The van der Waals surface area contributed by atoms with E-state index < -0.39 is 54.5 Å². The average molecular weight is 438 g/mol. The third kappa shape index (κ3) is 8.87. The third-order valence-corrected chi connectivity index (χ3v) is 4.39. The van der Waals surface area contributed by atoms with Crippen LogP contribution in [-0.4, -0.2) is 114 Å². The van der Waals surface area contributed by atoms with Gasteiger partial charge in [-0.3, -0.25) is 9.59 Å². The van der Waals surface area contributed by atoms with Crippen LogP contribution in [0.3, 0.4) is 0 Å². The molecule has 1 fully saturated rings. The van der Waals surface area contributed by atoms with E-state index >= 15 is 0 Å². The molecule has 174 valence electrons. The molecule has 1 saturated heterocycles. The van der Waals surface area contributed by atoms with Crippen molar-refractivity contribution in [3.05, 3.63) is 0 Å². The summed E-state index contributed by atoms with van der Waals surface area (Å²) in [4.78, 5) is 35.0. The molecule has 1 aliphatic heterocycles. The van der Waals surface area contributed by atoms with E-state index in [-0.39, 0.29) is 32.4 Å². The molecular weight excluding hydrogens is 408 g/mol. The van der Waals surface area contributed by atoms with Crippen LogP contribution in [0.15, 0.2) is 0 Å². The van der Waals surface area contributed by atoms with Gasteiger partial charge >= 0.3 is 5.97 Å². The Morgan fingerprint density at radius 2 is 1.67 bits per heavy atom. The number of aliphatic carboxylic acids is 1. The van der Waals surface area contributed by atoms with E-state index in [0.717, 1.165) is 0 Å². The quantitative estimate of drug-likeness (QED) is 0.139. The van der Waals surface area contributed by atoms with Crippen molar-refractivity contribution in [3.63, 3.8) is 0 Å². The number of carboxylic acids is 1. The first-order valence-corrected chi connectivity index (χ1v) is 9.40. The van der Waals surface area contributed by atoms with E-state index in [0.29, 0.717) is 13.2 Å². The van der Waals surface area contributed by atoms with Gasteiger partial charge in [0.1, 0.15) is 30.5 Å². The number of nitrogens with one attached hydrogen (secondary N) is 2. The van der Waals surface area contributed by atoms with Crippen molar-refractivity contribution >= 4 is 17.8 Å². The smallest absolute Gasteiger partial charge is 0.326 e. The van der Waals surface area contributed by atoms with E-state index in [1.807, 2.05) is 0 Å². The summed E-state index contributed by atoms with van der Waals surface area (Å²) in [6.07, 6.45) is -8.26. The van der Waals surface area contributed by atoms with Crippen molar-refractivity contribution in [1.82, 2.24) is 10.6 Å². The Balaban J connectivity index is 2.35. The van der Waals surface area contributed by atoms with Crippen LogP contribution in [0.2, 0.25) is 0 Å². The van der Waals surface area contributed by atoms with Gasteiger partial charge in [0.05, 0.1) is 19.8 Å². The van der Waals surface area contributed by atoms with Crippen LogP contribution in [-0.2, 0) is 28.6 Å². The van der Waals surface area contributed by atoms with Gasteiger partial charge in [0, 0.05) is 26.5 Å². The minimum Gasteiger partial charge on any atom is -0.480 e. The van der Waals surface area contributed by atoms with Crippen molar-refractivity contribution in [3.8, 4) is 0 Å². The maximum absolute atomic E-state index is 11.9. The fraction of sp³-hybridized carbons (Fsp3) is 0.824. The van der Waals surface area contributed by atoms with Crippen LogP contribution in [0.5, 0.6) is 0 Å². The number of rotatable bonds is 13. The Morgan fingerprint density at radius 3 is 2.30 bits per heavy atom. The molecule has 0 aromatic carbocycles. The highest BCUT2D eigenvalue weighted by Crippen LogP contribution is 2.19. The number of carbonyl (C=O) groups excluding carboxylic acids is 2. The molecule has 0 bridgehead atoms. The third-order valence-electron chi connectivity index (χ3n) is 4.39.